The molecule has 8 heteroatoms. The number of terminal acetylenes is 1. The van der Waals surface area contributed by atoms with Crippen molar-refractivity contribution in [2.24, 2.45) is 0 Å². The van der Waals surface area contributed by atoms with Crippen molar-refractivity contribution in [3.8, 4) is 12.3 Å². The predicted molar refractivity (Wildman–Crippen MR) is 82.3 cm³/mol. The van der Waals surface area contributed by atoms with Gasteiger partial charge in [0.05, 0.1) is 17.6 Å². The Bertz CT molecular complexity index is 784. The number of anilines is 1. The van der Waals surface area contributed by atoms with E-state index in [0.29, 0.717) is 16.6 Å². The zero-order valence-electron chi connectivity index (χ0n) is 12.8. The van der Waals surface area contributed by atoms with E-state index in [1.54, 1.807) is 17.7 Å². The number of rotatable bonds is 3. The third-order valence-corrected chi connectivity index (χ3v) is 4.40. The minimum atomic E-state index is -1.09. The maximum Gasteiger partial charge on any atom is 0.167 e. The molecule has 3 heterocycles. The van der Waals surface area contributed by atoms with E-state index in [1.165, 1.54) is 13.4 Å². The lowest BCUT2D eigenvalue weighted by molar-refractivity contribution is -0.118. The van der Waals surface area contributed by atoms with Crippen molar-refractivity contribution in [3.63, 3.8) is 0 Å². The summed E-state index contributed by atoms with van der Waals surface area (Å²) in [4.78, 5) is 8.18. The summed E-state index contributed by atoms with van der Waals surface area (Å²) in [6.45, 7) is 1.36. The molecule has 0 radical (unpaired) electrons. The first-order valence-electron chi connectivity index (χ1n) is 7.05. The van der Waals surface area contributed by atoms with Gasteiger partial charge in [-0.2, -0.15) is 0 Å². The maximum atomic E-state index is 10.4. The summed E-state index contributed by atoms with van der Waals surface area (Å²) < 4.78 is 12.9. The van der Waals surface area contributed by atoms with E-state index in [-0.39, 0.29) is 12.4 Å². The Balaban J connectivity index is 2.21. The number of aliphatic hydroxyl groups excluding tert-OH is 2. The summed E-state index contributed by atoms with van der Waals surface area (Å²) in [6.07, 6.45) is 5.99. The highest BCUT2D eigenvalue weighted by molar-refractivity contribution is 5.92. The molecule has 0 bridgehead atoms. The molecule has 2 aromatic heterocycles. The Morgan fingerprint density at radius 1 is 1.57 bits per heavy atom. The van der Waals surface area contributed by atoms with Crippen LogP contribution in [0.5, 0.6) is 0 Å². The molecule has 0 unspecified atom stereocenters. The summed E-state index contributed by atoms with van der Waals surface area (Å²) in [5.74, 6) is 2.81. The number of methoxy groups -OCH3 is 1. The van der Waals surface area contributed by atoms with Crippen LogP contribution in [0.25, 0.3) is 11.0 Å². The lowest BCUT2D eigenvalue weighted by Crippen LogP contribution is -2.46. The maximum absolute atomic E-state index is 10.4. The van der Waals surface area contributed by atoms with Gasteiger partial charge >= 0.3 is 0 Å². The molecule has 2 aromatic rings. The van der Waals surface area contributed by atoms with Gasteiger partial charge in [-0.1, -0.05) is 5.92 Å². The molecule has 1 aliphatic rings. The smallest absolute Gasteiger partial charge is 0.167 e. The number of nitrogens with zero attached hydrogens (tertiary/aromatic N) is 3. The SMILES string of the molecule is C#Cc1cn([C@@H]2O[C@H](CO)[C@@H](O)[C@@]2(C)OC)c2ncnc(N)c12. The summed E-state index contributed by atoms with van der Waals surface area (Å²) >= 11 is 0. The molecule has 0 aliphatic carbocycles. The fraction of sp³-hybridized carbons (Fsp3) is 0.467. The Hall–Kier alpha value is -2.18. The lowest BCUT2D eigenvalue weighted by atomic mass is 9.96. The van der Waals surface area contributed by atoms with Crippen molar-refractivity contribution in [3.05, 3.63) is 18.1 Å². The fourth-order valence-corrected chi connectivity index (χ4v) is 2.99. The topological polar surface area (TPSA) is 116 Å². The number of hydrogen-bond acceptors (Lipinski definition) is 7. The quantitative estimate of drug-likeness (QED) is 0.662. The first-order valence-corrected chi connectivity index (χ1v) is 7.05. The summed E-state index contributed by atoms with van der Waals surface area (Å²) in [5, 5.41) is 20.4. The molecule has 4 atom stereocenters. The molecule has 23 heavy (non-hydrogen) atoms. The van der Waals surface area contributed by atoms with Crippen LogP contribution in [0.4, 0.5) is 5.82 Å². The van der Waals surface area contributed by atoms with Crippen molar-refractivity contribution in [2.75, 3.05) is 19.5 Å². The van der Waals surface area contributed by atoms with E-state index in [2.05, 4.69) is 15.9 Å². The van der Waals surface area contributed by atoms with Crippen LogP contribution in [-0.2, 0) is 9.47 Å². The standard InChI is InChI=1S/C15H18N4O4/c1-4-8-5-19(13-10(8)12(16)17-7-18-13)14-15(2,22-3)11(21)9(6-20)23-14/h1,5,7,9,11,14,20-21H,6H2,2-3H3,(H2,16,17,18)/t9-,11-,14-,15-/m1/s1. The molecule has 3 rings (SSSR count). The van der Waals surface area contributed by atoms with Gasteiger partial charge in [-0.05, 0) is 6.92 Å². The lowest BCUT2D eigenvalue weighted by Gasteiger charge is -2.31. The van der Waals surface area contributed by atoms with Crippen molar-refractivity contribution < 1.29 is 19.7 Å². The molecule has 1 fully saturated rings. The molecule has 8 nitrogen and oxygen atoms in total. The van der Waals surface area contributed by atoms with E-state index >= 15 is 0 Å². The highest BCUT2D eigenvalue weighted by Crippen LogP contribution is 2.42. The Morgan fingerprint density at radius 2 is 2.30 bits per heavy atom. The minimum Gasteiger partial charge on any atom is -0.394 e. The second-order valence-electron chi connectivity index (χ2n) is 5.59. The van der Waals surface area contributed by atoms with Gasteiger partial charge in [-0.25, -0.2) is 9.97 Å². The Labute approximate surface area is 132 Å². The molecule has 1 aliphatic heterocycles. The molecule has 0 saturated carbocycles. The Kier molecular flexibility index (Phi) is 3.74. The fourth-order valence-electron chi connectivity index (χ4n) is 2.99. The number of fused-ring (bicyclic) bond motifs is 1. The number of ether oxygens (including phenoxy) is 2. The van der Waals surface area contributed by atoms with E-state index in [9.17, 15) is 10.2 Å². The van der Waals surface area contributed by atoms with Crippen molar-refractivity contribution in [2.45, 2.75) is 31.0 Å². The van der Waals surface area contributed by atoms with Crippen molar-refractivity contribution in [1.29, 1.82) is 0 Å². The van der Waals surface area contributed by atoms with Gasteiger partial charge < -0.3 is 30.0 Å². The normalized spacial score (nSPS) is 30.7. The highest BCUT2D eigenvalue weighted by Gasteiger charge is 2.54. The van der Waals surface area contributed by atoms with Gasteiger partial charge in [0.25, 0.3) is 0 Å². The van der Waals surface area contributed by atoms with Crippen LogP contribution in [0.2, 0.25) is 0 Å². The zero-order valence-corrected chi connectivity index (χ0v) is 12.8. The second-order valence-corrected chi connectivity index (χ2v) is 5.59. The zero-order chi connectivity index (χ0) is 16.8. The summed E-state index contributed by atoms with van der Waals surface area (Å²) in [6, 6.07) is 0. The summed E-state index contributed by atoms with van der Waals surface area (Å²) in [5.41, 5.74) is 5.80. The first-order chi connectivity index (χ1) is 11.0. The van der Waals surface area contributed by atoms with E-state index in [0.717, 1.165) is 0 Å². The number of nitrogens with two attached hydrogens (primary N) is 1. The van der Waals surface area contributed by atoms with Gasteiger partial charge in [-0.3, -0.25) is 0 Å². The van der Waals surface area contributed by atoms with Gasteiger partial charge in [-0.15, -0.1) is 6.42 Å². The van der Waals surface area contributed by atoms with Crippen LogP contribution in [0, 0.1) is 12.3 Å². The van der Waals surface area contributed by atoms with E-state index in [4.69, 9.17) is 21.6 Å². The molecule has 0 aromatic carbocycles. The third-order valence-electron chi connectivity index (χ3n) is 4.40. The average Bonchev–Trinajstić information content (AvgIpc) is 3.05. The molecule has 1 saturated heterocycles. The molecule has 0 spiro atoms. The predicted octanol–water partition coefficient (Wildman–Crippen LogP) is -0.350. The number of nitrogen functional groups attached to an aromatic ring is 1. The largest absolute Gasteiger partial charge is 0.394 e. The molecule has 0 amide bonds. The van der Waals surface area contributed by atoms with E-state index in [1.807, 2.05) is 0 Å². The first kappa shape index (κ1) is 15.7. The number of aliphatic hydroxyl groups is 2. The van der Waals surface area contributed by atoms with Crippen LogP contribution in [0.1, 0.15) is 18.7 Å². The molecule has 122 valence electrons. The van der Waals surface area contributed by atoms with Gasteiger partial charge in [0.1, 0.15) is 35.6 Å². The van der Waals surface area contributed by atoms with Crippen LogP contribution in [0.3, 0.4) is 0 Å². The average molecular weight is 318 g/mol. The summed E-state index contributed by atoms with van der Waals surface area (Å²) in [7, 11) is 1.47. The van der Waals surface area contributed by atoms with Crippen molar-refractivity contribution >= 4 is 16.9 Å². The van der Waals surface area contributed by atoms with Crippen LogP contribution < -0.4 is 5.73 Å². The molecular formula is C15H18N4O4. The third kappa shape index (κ3) is 2.09. The van der Waals surface area contributed by atoms with Crippen LogP contribution >= 0.6 is 0 Å². The number of aromatic nitrogens is 3. The van der Waals surface area contributed by atoms with Crippen LogP contribution in [-0.4, -0.2) is 56.3 Å². The monoisotopic (exact) mass is 318 g/mol. The Morgan fingerprint density at radius 3 is 2.91 bits per heavy atom. The van der Waals surface area contributed by atoms with Crippen molar-refractivity contribution in [1.82, 2.24) is 14.5 Å². The second kappa shape index (κ2) is 5.47. The van der Waals surface area contributed by atoms with Gasteiger partial charge in [0.2, 0.25) is 0 Å². The van der Waals surface area contributed by atoms with Crippen LogP contribution in [0.15, 0.2) is 12.5 Å². The van der Waals surface area contributed by atoms with E-state index < -0.39 is 24.0 Å². The molecular weight excluding hydrogens is 300 g/mol. The minimum absolute atomic E-state index is 0.262. The van der Waals surface area contributed by atoms with Gasteiger partial charge in [0.15, 0.2) is 6.23 Å². The highest BCUT2D eigenvalue weighted by atomic mass is 16.6. The molecule has 4 N–H and O–H groups in total. The van der Waals surface area contributed by atoms with Gasteiger partial charge in [0, 0.05) is 13.3 Å². The number of hydrogen-bond donors (Lipinski definition) is 3.